The number of nitrogens with one attached hydrogen (secondary N) is 1. The largest absolute Gasteiger partial charge is 0.435 e. The maximum Gasteiger partial charge on any atom is 0.435 e. The highest BCUT2D eigenvalue weighted by atomic mass is 35.5. The standard InChI is InChI=1S/C20H23ClF3N5/c1-4-28(5-2)11-10-25-16-12-13(3)26-19-17(14-6-8-15(21)9-7-14)18(20(22,23)24)27-29(16)19/h6-9,12,25H,4-5,10-11H2,1-3H3. The Labute approximate surface area is 172 Å². The van der Waals surface area contributed by atoms with Crippen LogP contribution in [0.15, 0.2) is 30.3 Å². The Hall–Kier alpha value is -2.32. The average molecular weight is 426 g/mol. The van der Waals surface area contributed by atoms with E-state index in [1.807, 2.05) is 0 Å². The van der Waals surface area contributed by atoms with Crippen molar-refractivity contribution in [1.82, 2.24) is 19.5 Å². The lowest BCUT2D eigenvalue weighted by Gasteiger charge is -2.18. The molecule has 0 saturated carbocycles. The molecule has 9 heteroatoms. The van der Waals surface area contributed by atoms with Gasteiger partial charge in [-0.2, -0.15) is 22.8 Å². The lowest BCUT2D eigenvalue weighted by molar-refractivity contribution is -0.140. The SMILES string of the molecule is CCN(CC)CCNc1cc(C)nc2c(-c3ccc(Cl)cc3)c(C(F)(F)F)nn12. The van der Waals surface area contributed by atoms with Gasteiger partial charge in [0.25, 0.3) is 0 Å². The molecule has 0 atom stereocenters. The van der Waals surface area contributed by atoms with Crippen LogP contribution in [0.2, 0.25) is 5.02 Å². The van der Waals surface area contributed by atoms with Gasteiger partial charge in [-0.15, -0.1) is 0 Å². The van der Waals surface area contributed by atoms with Crippen molar-refractivity contribution >= 4 is 23.1 Å². The number of aromatic nitrogens is 3. The molecule has 29 heavy (non-hydrogen) atoms. The lowest BCUT2D eigenvalue weighted by atomic mass is 10.1. The van der Waals surface area contributed by atoms with Crippen molar-refractivity contribution in [2.24, 2.45) is 0 Å². The number of hydrogen-bond donors (Lipinski definition) is 1. The summed E-state index contributed by atoms with van der Waals surface area (Å²) in [4.78, 5) is 6.59. The van der Waals surface area contributed by atoms with Crippen LogP contribution in [0.4, 0.5) is 19.0 Å². The van der Waals surface area contributed by atoms with Gasteiger partial charge in [-0.25, -0.2) is 4.98 Å². The lowest BCUT2D eigenvalue weighted by Crippen LogP contribution is -2.29. The second-order valence-electron chi connectivity index (χ2n) is 6.70. The molecule has 3 rings (SSSR count). The van der Waals surface area contributed by atoms with Crippen molar-refractivity contribution < 1.29 is 13.2 Å². The summed E-state index contributed by atoms with van der Waals surface area (Å²) in [5, 5.41) is 7.54. The number of nitrogens with zero attached hydrogens (tertiary/aromatic N) is 4. The molecule has 0 bridgehead atoms. The van der Waals surface area contributed by atoms with Gasteiger partial charge in [0.2, 0.25) is 0 Å². The first kappa shape index (κ1) is 21.4. The van der Waals surface area contributed by atoms with Crippen LogP contribution in [0.3, 0.4) is 0 Å². The summed E-state index contributed by atoms with van der Waals surface area (Å²) in [6.07, 6.45) is -4.62. The zero-order valence-electron chi connectivity index (χ0n) is 16.5. The zero-order valence-corrected chi connectivity index (χ0v) is 17.3. The fourth-order valence-corrected chi connectivity index (χ4v) is 3.35. The molecule has 156 valence electrons. The van der Waals surface area contributed by atoms with Gasteiger partial charge in [0.15, 0.2) is 11.3 Å². The van der Waals surface area contributed by atoms with Gasteiger partial charge in [0.1, 0.15) is 5.82 Å². The summed E-state index contributed by atoms with van der Waals surface area (Å²) in [7, 11) is 0. The molecule has 0 fully saturated rings. The summed E-state index contributed by atoms with van der Waals surface area (Å²) in [6, 6.07) is 7.91. The minimum absolute atomic E-state index is 0.0512. The summed E-state index contributed by atoms with van der Waals surface area (Å²) in [6.45, 7) is 9.05. The van der Waals surface area contributed by atoms with E-state index in [2.05, 4.69) is 34.1 Å². The first-order chi connectivity index (χ1) is 13.7. The molecule has 5 nitrogen and oxygen atoms in total. The molecule has 0 aliphatic heterocycles. The van der Waals surface area contributed by atoms with Crippen LogP contribution in [-0.2, 0) is 6.18 Å². The fourth-order valence-electron chi connectivity index (χ4n) is 3.23. The van der Waals surface area contributed by atoms with E-state index in [9.17, 15) is 13.2 Å². The Morgan fingerprint density at radius 3 is 2.38 bits per heavy atom. The van der Waals surface area contributed by atoms with Crippen LogP contribution in [0.5, 0.6) is 0 Å². The average Bonchev–Trinajstić information content (AvgIpc) is 3.05. The van der Waals surface area contributed by atoms with Crippen LogP contribution in [0.1, 0.15) is 25.2 Å². The molecule has 1 N–H and O–H groups in total. The molecule has 0 aliphatic carbocycles. The van der Waals surface area contributed by atoms with Gasteiger partial charge in [0.05, 0.1) is 5.56 Å². The first-order valence-corrected chi connectivity index (χ1v) is 9.82. The molecule has 0 amide bonds. The predicted octanol–water partition coefficient (Wildman–Crippen LogP) is 5.13. The number of anilines is 1. The number of halogens is 4. The third-order valence-electron chi connectivity index (χ3n) is 4.75. The van der Waals surface area contributed by atoms with Crippen molar-refractivity contribution in [3.8, 4) is 11.1 Å². The fraction of sp³-hybridized carbons (Fsp3) is 0.400. The Morgan fingerprint density at radius 2 is 1.79 bits per heavy atom. The molecular formula is C20H23ClF3N5. The quantitative estimate of drug-likeness (QED) is 0.570. The number of likely N-dealkylation sites (N-methyl/N-ethyl adjacent to an activating group) is 1. The van der Waals surface area contributed by atoms with Crippen molar-refractivity contribution in [2.45, 2.75) is 26.9 Å². The van der Waals surface area contributed by atoms with E-state index in [0.717, 1.165) is 19.6 Å². The van der Waals surface area contributed by atoms with E-state index in [1.54, 1.807) is 37.3 Å². The summed E-state index contributed by atoms with van der Waals surface area (Å²) < 4.78 is 42.6. The summed E-state index contributed by atoms with van der Waals surface area (Å²) in [5.41, 5.74) is 0.106. The molecule has 0 aliphatic rings. The van der Waals surface area contributed by atoms with E-state index in [1.165, 1.54) is 4.52 Å². The highest BCUT2D eigenvalue weighted by Crippen LogP contribution is 2.39. The normalized spacial score (nSPS) is 12.1. The zero-order chi connectivity index (χ0) is 21.2. The molecule has 0 saturated heterocycles. The van der Waals surface area contributed by atoms with Crippen molar-refractivity contribution in [2.75, 3.05) is 31.5 Å². The molecule has 1 aromatic carbocycles. The van der Waals surface area contributed by atoms with E-state index in [-0.39, 0.29) is 11.2 Å². The van der Waals surface area contributed by atoms with Crippen LogP contribution in [0.25, 0.3) is 16.8 Å². The van der Waals surface area contributed by atoms with Crippen LogP contribution < -0.4 is 5.32 Å². The number of benzene rings is 1. The van der Waals surface area contributed by atoms with Crippen LogP contribution >= 0.6 is 11.6 Å². The molecule has 2 aromatic heterocycles. The Bertz CT molecular complexity index is 978. The number of alkyl halides is 3. The highest BCUT2D eigenvalue weighted by Gasteiger charge is 2.39. The summed E-state index contributed by atoms with van der Waals surface area (Å²) >= 11 is 5.91. The van der Waals surface area contributed by atoms with E-state index < -0.39 is 11.9 Å². The Kier molecular flexibility index (Phi) is 6.33. The number of rotatable bonds is 7. The third-order valence-corrected chi connectivity index (χ3v) is 5.00. The van der Waals surface area contributed by atoms with Gasteiger partial charge >= 0.3 is 6.18 Å². The van der Waals surface area contributed by atoms with Gasteiger partial charge in [-0.1, -0.05) is 37.6 Å². The smallest absolute Gasteiger partial charge is 0.369 e. The second kappa shape index (κ2) is 8.59. The van der Waals surface area contributed by atoms with Gasteiger partial charge < -0.3 is 10.2 Å². The number of fused-ring (bicyclic) bond motifs is 1. The van der Waals surface area contributed by atoms with E-state index in [4.69, 9.17) is 11.6 Å². The van der Waals surface area contributed by atoms with Crippen molar-refractivity contribution in [3.63, 3.8) is 0 Å². The Balaban J connectivity index is 2.10. The number of aryl methyl sites for hydroxylation is 1. The summed E-state index contributed by atoms with van der Waals surface area (Å²) in [5.74, 6) is 0.477. The van der Waals surface area contributed by atoms with Gasteiger partial charge in [-0.05, 0) is 37.7 Å². The maximum absolute atomic E-state index is 13.8. The van der Waals surface area contributed by atoms with Crippen LogP contribution in [-0.4, -0.2) is 45.7 Å². The van der Waals surface area contributed by atoms with Gasteiger partial charge in [0, 0.05) is 29.9 Å². The minimum Gasteiger partial charge on any atom is -0.369 e. The van der Waals surface area contributed by atoms with Crippen molar-refractivity contribution in [1.29, 1.82) is 0 Å². The topological polar surface area (TPSA) is 45.5 Å². The van der Waals surface area contributed by atoms with Crippen molar-refractivity contribution in [3.05, 3.63) is 46.7 Å². The molecule has 0 unspecified atom stereocenters. The van der Waals surface area contributed by atoms with Crippen LogP contribution in [0, 0.1) is 6.92 Å². The highest BCUT2D eigenvalue weighted by molar-refractivity contribution is 6.30. The molecule has 3 aromatic rings. The maximum atomic E-state index is 13.8. The predicted molar refractivity (Wildman–Crippen MR) is 109 cm³/mol. The first-order valence-electron chi connectivity index (χ1n) is 9.44. The minimum atomic E-state index is -4.62. The number of hydrogen-bond acceptors (Lipinski definition) is 4. The molecule has 0 spiro atoms. The monoisotopic (exact) mass is 425 g/mol. The molecule has 2 heterocycles. The third kappa shape index (κ3) is 4.64. The molecule has 0 radical (unpaired) electrons. The Morgan fingerprint density at radius 1 is 1.14 bits per heavy atom. The van der Waals surface area contributed by atoms with E-state index in [0.29, 0.717) is 28.6 Å². The van der Waals surface area contributed by atoms with Gasteiger partial charge in [-0.3, -0.25) is 0 Å². The second-order valence-corrected chi connectivity index (χ2v) is 7.14. The van der Waals surface area contributed by atoms with E-state index >= 15 is 0 Å². The molecular weight excluding hydrogens is 403 g/mol.